The number of carbonyl (C=O) groups is 1. The Bertz CT molecular complexity index is 850. The molecule has 0 unspecified atom stereocenters. The van der Waals surface area contributed by atoms with Gasteiger partial charge in [0.05, 0.1) is 12.2 Å². The van der Waals surface area contributed by atoms with Crippen molar-refractivity contribution in [1.82, 2.24) is 19.2 Å². The summed E-state index contributed by atoms with van der Waals surface area (Å²) < 4.78 is 3.81. The van der Waals surface area contributed by atoms with Crippen molar-refractivity contribution in [1.29, 1.82) is 0 Å². The van der Waals surface area contributed by atoms with E-state index in [1.165, 1.54) is 0 Å². The highest BCUT2D eigenvalue weighted by Crippen LogP contribution is 2.33. The molecule has 1 atom stereocenters. The summed E-state index contributed by atoms with van der Waals surface area (Å²) in [7, 11) is 1.91. The second-order valence-corrected chi connectivity index (χ2v) is 6.24. The monoisotopic (exact) mass is 320 g/mol. The Balaban J connectivity index is 1.62. The van der Waals surface area contributed by atoms with Gasteiger partial charge in [-0.05, 0) is 43.2 Å². The standard InChI is InChI=1S/C19H20N4O/c1-21-14-16(13-20-21)18-8-5-11-23(18)19(24)15-6-4-7-17(12-15)22-9-2-3-10-22/h2-4,6-7,9-10,12-14,18H,5,8,11H2,1H3/t18-/m1/s1. The van der Waals surface area contributed by atoms with Crippen LogP contribution < -0.4 is 0 Å². The molecular weight excluding hydrogens is 300 g/mol. The number of nitrogens with zero attached hydrogens (tertiary/aromatic N) is 4. The van der Waals surface area contributed by atoms with Crippen molar-refractivity contribution >= 4 is 5.91 Å². The van der Waals surface area contributed by atoms with E-state index in [0.29, 0.717) is 0 Å². The first-order valence-corrected chi connectivity index (χ1v) is 8.25. The quantitative estimate of drug-likeness (QED) is 0.744. The van der Waals surface area contributed by atoms with Crippen LogP contribution in [0, 0.1) is 0 Å². The van der Waals surface area contributed by atoms with E-state index < -0.39 is 0 Å². The van der Waals surface area contributed by atoms with Crippen molar-refractivity contribution in [2.45, 2.75) is 18.9 Å². The lowest BCUT2D eigenvalue weighted by atomic mass is 10.1. The molecule has 1 aliphatic heterocycles. The van der Waals surface area contributed by atoms with E-state index in [4.69, 9.17) is 0 Å². The Labute approximate surface area is 141 Å². The van der Waals surface area contributed by atoms with Crippen LogP contribution in [0.5, 0.6) is 0 Å². The summed E-state index contributed by atoms with van der Waals surface area (Å²) >= 11 is 0. The van der Waals surface area contributed by atoms with E-state index in [9.17, 15) is 4.79 Å². The van der Waals surface area contributed by atoms with Gasteiger partial charge in [0.1, 0.15) is 0 Å². The molecule has 2 aromatic heterocycles. The molecular formula is C19H20N4O. The number of hydrogen-bond donors (Lipinski definition) is 0. The highest BCUT2D eigenvalue weighted by Gasteiger charge is 2.31. The normalized spacial score (nSPS) is 17.4. The first kappa shape index (κ1) is 14.8. The van der Waals surface area contributed by atoms with Crippen LogP contribution in [0.4, 0.5) is 0 Å². The lowest BCUT2D eigenvalue weighted by Gasteiger charge is -2.24. The maximum atomic E-state index is 13.0. The van der Waals surface area contributed by atoms with E-state index in [-0.39, 0.29) is 11.9 Å². The SMILES string of the molecule is Cn1cc([C@H]2CCCN2C(=O)c2cccc(-n3cccc3)c2)cn1. The van der Waals surface area contributed by atoms with Crippen LogP contribution in [0.15, 0.2) is 61.2 Å². The second kappa shape index (κ2) is 6.00. The van der Waals surface area contributed by atoms with Gasteiger partial charge in [0.25, 0.3) is 5.91 Å². The molecule has 122 valence electrons. The van der Waals surface area contributed by atoms with Crippen LogP contribution in [0.25, 0.3) is 5.69 Å². The summed E-state index contributed by atoms with van der Waals surface area (Å²) in [5.74, 6) is 0.0929. The summed E-state index contributed by atoms with van der Waals surface area (Å²) in [6.07, 6.45) is 9.87. The number of amides is 1. The third-order valence-corrected chi connectivity index (χ3v) is 4.62. The van der Waals surface area contributed by atoms with Gasteiger partial charge in [0.2, 0.25) is 0 Å². The fraction of sp³-hybridized carbons (Fsp3) is 0.263. The summed E-state index contributed by atoms with van der Waals surface area (Å²) in [4.78, 5) is 15.0. The Morgan fingerprint density at radius 3 is 2.79 bits per heavy atom. The Kier molecular flexibility index (Phi) is 3.69. The molecule has 4 rings (SSSR count). The summed E-state index contributed by atoms with van der Waals surface area (Å²) in [6.45, 7) is 0.798. The van der Waals surface area contributed by atoms with E-state index in [1.807, 2.05) is 77.7 Å². The van der Waals surface area contributed by atoms with Crippen molar-refractivity contribution in [2.24, 2.45) is 7.05 Å². The molecule has 24 heavy (non-hydrogen) atoms. The zero-order valence-electron chi connectivity index (χ0n) is 13.7. The van der Waals surface area contributed by atoms with Crippen LogP contribution in [0.1, 0.15) is 34.8 Å². The topological polar surface area (TPSA) is 43.1 Å². The minimum Gasteiger partial charge on any atom is -0.331 e. The smallest absolute Gasteiger partial charge is 0.254 e. The van der Waals surface area contributed by atoms with Crippen molar-refractivity contribution in [3.8, 4) is 5.69 Å². The molecule has 3 aromatic rings. The Morgan fingerprint density at radius 1 is 1.21 bits per heavy atom. The van der Waals surface area contributed by atoms with Crippen molar-refractivity contribution in [2.75, 3.05) is 6.54 Å². The molecule has 0 N–H and O–H groups in total. The van der Waals surface area contributed by atoms with Gasteiger partial charge in [-0.1, -0.05) is 6.07 Å². The van der Waals surface area contributed by atoms with Gasteiger partial charge >= 0.3 is 0 Å². The zero-order chi connectivity index (χ0) is 16.5. The van der Waals surface area contributed by atoms with Gasteiger partial charge in [0.15, 0.2) is 0 Å². The first-order valence-electron chi connectivity index (χ1n) is 8.25. The number of hydrogen-bond acceptors (Lipinski definition) is 2. The Hall–Kier alpha value is -2.82. The lowest BCUT2D eigenvalue weighted by molar-refractivity contribution is 0.0735. The van der Waals surface area contributed by atoms with E-state index >= 15 is 0 Å². The lowest BCUT2D eigenvalue weighted by Crippen LogP contribution is -2.30. The predicted octanol–water partition coefficient (Wildman–Crippen LogP) is 3.19. The summed E-state index contributed by atoms with van der Waals surface area (Å²) in [5, 5.41) is 4.25. The number of aryl methyl sites for hydroxylation is 1. The van der Waals surface area contributed by atoms with E-state index in [0.717, 1.165) is 36.2 Å². The van der Waals surface area contributed by atoms with Gasteiger partial charge in [-0.15, -0.1) is 0 Å². The molecule has 1 amide bonds. The van der Waals surface area contributed by atoms with E-state index in [1.54, 1.807) is 4.68 Å². The first-order chi connectivity index (χ1) is 11.7. The molecule has 1 aromatic carbocycles. The average molecular weight is 320 g/mol. The summed E-state index contributed by atoms with van der Waals surface area (Å²) in [5.41, 5.74) is 2.85. The minimum absolute atomic E-state index is 0.0929. The fourth-order valence-corrected chi connectivity index (χ4v) is 3.44. The van der Waals surface area contributed by atoms with Crippen LogP contribution in [0.2, 0.25) is 0 Å². The fourth-order valence-electron chi connectivity index (χ4n) is 3.44. The molecule has 5 heteroatoms. The molecule has 0 saturated carbocycles. The number of benzene rings is 1. The molecule has 0 aliphatic carbocycles. The maximum absolute atomic E-state index is 13.0. The third-order valence-electron chi connectivity index (χ3n) is 4.62. The van der Waals surface area contributed by atoms with Gasteiger partial charge in [0, 0.05) is 49.0 Å². The van der Waals surface area contributed by atoms with Crippen molar-refractivity contribution < 1.29 is 4.79 Å². The van der Waals surface area contributed by atoms with Crippen LogP contribution >= 0.6 is 0 Å². The Morgan fingerprint density at radius 2 is 2.04 bits per heavy atom. The largest absolute Gasteiger partial charge is 0.331 e. The van der Waals surface area contributed by atoms with Gasteiger partial charge in [-0.25, -0.2) is 0 Å². The molecule has 1 saturated heterocycles. The maximum Gasteiger partial charge on any atom is 0.254 e. The number of likely N-dealkylation sites (tertiary alicyclic amines) is 1. The average Bonchev–Trinajstić information content (AvgIpc) is 3.35. The molecule has 0 bridgehead atoms. The second-order valence-electron chi connectivity index (χ2n) is 6.24. The van der Waals surface area contributed by atoms with Gasteiger partial charge in [-0.2, -0.15) is 5.10 Å². The highest BCUT2D eigenvalue weighted by atomic mass is 16.2. The van der Waals surface area contributed by atoms with Gasteiger partial charge in [-0.3, -0.25) is 9.48 Å². The highest BCUT2D eigenvalue weighted by molar-refractivity contribution is 5.95. The molecule has 3 heterocycles. The summed E-state index contributed by atoms with van der Waals surface area (Å²) in [6, 6.07) is 11.9. The third kappa shape index (κ3) is 2.62. The molecule has 5 nitrogen and oxygen atoms in total. The van der Waals surface area contributed by atoms with Crippen LogP contribution in [-0.2, 0) is 7.05 Å². The molecule has 0 spiro atoms. The number of aromatic nitrogens is 3. The zero-order valence-corrected chi connectivity index (χ0v) is 13.7. The predicted molar refractivity (Wildman–Crippen MR) is 92.0 cm³/mol. The van der Waals surface area contributed by atoms with Gasteiger partial charge < -0.3 is 9.47 Å². The van der Waals surface area contributed by atoms with Crippen molar-refractivity contribution in [3.05, 3.63) is 72.3 Å². The molecule has 1 fully saturated rings. The van der Waals surface area contributed by atoms with Crippen molar-refractivity contribution in [3.63, 3.8) is 0 Å². The molecule has 0 radical (unpaired) electrons. The molecule has 1 aliphatic rings. The number of rotatable bonds is 3. The van der Waals surface area contributed by atoms with Crippen LogP contribution in [0.3, 0.4) is 0 Å². The number of carbonyl (C=O) groups excluding carboxylic acids is 1. The van der Waals surface area contributed by atoms with E-state index in [2.05, 4.69) is 5.10 Å². The minimum atomic E-state index is 0.0929. The van der Waals surface area contributed by atoms with Crippen LogP contribution in [-0.4, -0.2) is 31.7 Å².